The van der Waals surface area contributed by atoms with Gasteiger partial charge in [0.05, 0.1) is 5.41 Å². The molecule has 1 unspecified atom stereocenters. The Morgan fingerprint density at radius 3 is 2.45 bits per heavy atom. The maximum atomic E-state index is 12.8. The molecule has 0 aliphatic carbocycles. The largest absolute Gasteiger partial charge is 0.309 e. The summed E-state index contributed by atoms with van der Waals surface area (Å²) in [6.45, 7) is 6.09. The fourth-order valence-electron chi connectivity index (χ4n) is 2.46. The first-order valence-electron chi connectivity index (χ1n) is 6.82. The summed E-state index contributed by atoms with van der Waals surface area (Å²) in [7, 11) is 0. The van der Waals surface area contributed by atoms with Crippen LogP contribution in [-0.2, 0) is 4.79 Å². The summed E-state index contributed by atoms with van der Waals surface area (Å²) in [6.07, 6.45) is 6.07. The van der Waals surface area contributed by atoms with E-state index in [4.69, 9.17) is 0 Å². The van der Waals surface area contributed by atoms with Crippen LogP contribution in [0.15, 0.2) is 47.9 Å². The SMILES string of the molecule is CS/C=C\C1(C)C=C(c2ccccc2)N(C(C)C)C1=O. The van der Waals surface area contributed by atoms with Crippen LogP contribution in [0.5, 0.6) is 0 Å². The number of hydrogen-bond acceptors (Lipinski definition) is 2. The van der Waals surface area contributed by atoms with Crippen LogP contribution in [0.2, 0.25) is 0 Å². The third-order valence-corrected chi connectivity index (χ3v) is 3.92. The van der Waals surface area contributed by atoms with Crippen molar-refractivity contribution in [1.82, 2.24) is 4.90 Å². The van der Waals surface area contributed by atoms with Crippen molar-refractivity contribution >= 4 is 23.4 Å². The smallest absolute Gasteiger partial charge is 0.240 e. The summed E-state index contributed by atoms with van der Waals surface area (Å²) in [5.41, 5.74) is 1.56. The molecule has 0 fully saturated rings. The summed E-state index contributed by atoms with van der Waals surface area (Å²) in [5.74, 6) is 0.150. The topological polar surface area (TPSA) is 20.3 Å². The minimum absolute atomic E-state index is 0.150. The normalized spacial score (nSPS) is 22.9. The predicted octanol–water partition coefficient (Wildman–Crippen LogP) is 4.16. The van der Waals surface area contributed by atoms with Gasteiger partial charge in [-0.2, -0.15) is 0 Å². The molecule has 106 valence electrons. The Kier molecular flexibility index (Phi) is 4.39. The fraction of sp³-hybridized carbons (Fsp3) is 0.353. The number of nitrogens with zero attached hydrogens (tertiary/aromatic N) is 1. The molecule has 1 amide bonds. The second kappa shape index (κ2) is 5.88. The maximum Gasteiger partial charge on any atom is 0.240 e. The van der Waals surface area contributed by atoms with E-state index in [0.717, 1.165) is 11.3 Å². The molecule has 2 nitrogen and oxygen atoms in total. The second-order valence-corrected chi connectivity index (χ2v) is 6.23. The van der Waals surface area contributed by atoms with E-state index in [1.165, 1.54) is 0 Å². The number of benzene rings is 1. The molecule has 0 radical (unpaired) electrons. The first kappa shape index (κ1) is 14.9. The van der Waals surface area contributed by atoms with Crippen molar-refractivity contribution in [2.45, 2.75) is 26.8 Å². The Labute approximate surface area is 125 Å². The minimum Gasteiger partial charge on any atom is -0.309 e. The van der Waals surface area contributed by atoms with E-state index in [9.17, 15) is 4.79 Å². The Morgan fingerprint density at radius 2 is 1.90 bits per heavy atom. The molecular weight excluding hydrogens is 266 g/mol. The lowest BCUT2D eigenvalue weighted by atomic mass is 9.91. The molecule has 3 heteroatoms. The first-order chi connectivity index (χ1) is 9.49. The molecule has 0 saturated heterocycles. The van der Waals surface area contributed by atoms with Gasteiger partial charge in [0.2, 0.25) is 5.91 Å². The molecule has 0 bridgehead atoms. The average molecular weight is 287 g/mol. The highest BCUT2D eigenvalue weighted by molar-refractivity contribution is 8.01. The molecule has 1 aromatic rings. The molecular formula is C17H21NOS. The van der Waals surface area contributed by atoms with Gasteiger partial charge in [0.1, 0.15) is 0 Å². The van der Waals surface area contributed by atoms with Gasteiger partial charge in [-0.25, -0.2) is 0 Å². The zero-order chi connectivity index (χ0) is 14.8. The molecule has 1 aliphatic rings. The van der Waals surface area contributed by atoms with Gasteiger partial charge in [0.15, 0.2) is 0 Å². The van der Waals surface area contributed by atoms with Crippen LogP contribution < -0.4 is 0 Å². The molecule has 20 heavy (non-hydrogen) atoms. The van der Waals surface area contributed by atoms with E-state index in [1.54, 1.807) is 11.8 Å². The average Bonchev–Trinajstić information content (AvgIpc) is 2.71. The Bertz CT molecular complexity index is 547. The van der Waals surface area contributed by atoms with Crippen molar-refractivity contribution in [3.8, 4) is 0 Å². The van der Waals surface area contributed by atoms with Crippen LogP contribution in [0.4, 0.5) is 0 Å². The minimum atomic E-state index is -0.543. The zero-order valence-electron chi connectivity index (χ0n) is 12.5. The molecule has 1 aromatic carbocycles. The molecule has 0 aromatic heterocycles. The van der Waals surface area contributed by atoms with E-state index < -0.39 is 5.41 Å². The van der Waals surface area contributed by atoms with Crippen LogP contribution in [0.1, 0.15) is 26.3 Å². The van der Waals surface area contributed by atoms with Gasteiger partial charge in [0, 0.05) is 11.7 Å². The number of amides is 1. The van der Waals surface area contributed by atoms with Crippen LogP contribution in [0, 0.1) is 5.41 Å². The van der Waals surface area contributed by atoms with E-state index >= 15 is 0 Å². The van der Waals surface area contributed by atoms with E-state index in [1.807, 2.05) is 47.8 Å². The lowest BCUT2D eigenvalue weighted by molar-refractivity contribution is -0.132. The maximum absolute atomic E-state index is 12.8. The molecule has 0 saturated carbocycles. The molecule has 1 heterocycles. The lowest BCUT2D eigenvalue weighted by Gasteiger charge is -2.27. The van der Waals surface area contributed by atoms with Gasteiger partial charge in [-0.15, -0.1) is 11.8 Å². The van der Waals surface area contributed by atoms with Gasteiger partial charge in [-0.1, -0.05) is 36.4 Å². The number of thioether (sulfide) groups is 1. The molecule has 1 atom stereocenters. The van der Waals surface area contributed by atoms with Crippen LogP contribution >= 0.6 is 11.8 Å². The summed E-state index contributed by atoms with van der Waals surface area (Å²) < 4.78 is 0. The fourth-order valence-corrected chi connectivity index (χ4v) is 2.88. The lowest BCUT2D eigenvalue weighted by Crippen LogP contribution is -2.37. The third-order valence-electron chi connectivity index (χ3n) is 3.51. The second-order valence-electron chi connectivity index (χ2n) is 5.49. The zero-order valence-corrected chi connectivity index (χ0v) is 13.3. The monoisotopic (exact) mass is 287 g/mol. The van der Waals surface area contributed by atoms with E-state index in [2.05, 4.69) is 32.1 Å². The molecule has 1 aliphatic heterocycles. The predicted molar refractivity (Wildman–Crippen MR) is 87.2 cm³/mol. The van der Waals surface area contributed by atoms with Crippen molar-refractivity contribution in [2.24, 2.45) is 5.41 Å². The number of carbonyl (C=O) groups excluding carboxylic acids is 1. The van der Waals surface area contributed by atoms with Gasteiger partial charge in [-0.05, 0) is 44.1 Å². The molecule has 2 rings (SSSR count). The quantitative estimate of drug-likeness (QED) is 0.828. The van der Waals surface area contributed by atoms with Crippen molar-refractivity contribution in [3.63, 3.8) is 0 Å². The van der Waals surface area contributed by atoms with Gasteiger partial charge < -0.3 is 4.90 Å². The highest BCUT2D eigenvalue weighted by Gasteiger charge is 2.42. The van der Waals surface area contributed by atoms with Crippen molar-refractivity contribution < 1.29 is 4.79 Å². The van der Waals surface area contributed by atoms with E-state index in [0.29, 0.717) is 0 Å². The third kappa shape index (κ3) is 2.68. The Morgan fingerprint density at radius 1 is 1.25 bits per heavy atom. The van der Waals surface area contributed by atoms with Crippen molar-refractivity contribution in [3.05, 3.63) is 53.5 Å². The summed E-state index contributed by atoms with van der Waals surface area (Å²) in [5, 5.41) is 1.99. The first-order valence-corrected chi connectivity index (χ1v) is 8.11. The van der Waals surface area contributed by atoms with Gasteiger partial charge >= 0.3 is 0 Å². The van der Waals surface area contributed by atoms with Crippen molar-refractivity contribution in [2.75, 3.05) is 6.26 Å². The van der Waals surface area contributed by atoms with Gasteiger partial charge in [0.25, 0.3) is 0 Å². The summed E-state index contributed by atoms with van der Waals surface area (Å²) in [4.78, 5) is 14.7. The summed E-state index contributed by atoms with van der Waals surface area (Å²) >= 11 is 1.62. The standard InChI is InChI=1S/C17H21NOS/c1-13(2)18-15(14-8-6-5-7-9-14)12-17(3,16(18)19)10-11-20-4/h5-13H,1-4H3/b11-10-. The summed E-state index contributed by atoms with van der Waals surface area (Å²) in [6, 6.07) is 10.3. The van der Waals surface area contributed by atoms with Crippen molar-refractivity contribution in [1.29, 1.82) is 0 Å². The number of carbonyl (C=O) groups is 1. The van der Waals surface area contributed by atoms with Crippen LogP contribution in [0.3, 0.4) is 0 Å². The van der Waals surface area contributed by atoms with Crippen LogP contribution in [-0.4, -0.2) is 23.1 Å². The number of rotatable bonds is 4. The van der Waals surface area contributed by atoms with Crippen LogP contribution in [0.25, 0.3) is 5.70 Å². The highest BCUT2D eigenvalue weighted by Crippen LogP contribution is 2.40. The molecule has 0 spiro atoms. The van der Waals surface area contributed by atoms with Gasteiger partial charge in [-0.3, -0.25) is 4.79 Å². The Hall–Kier alpha value is -1.48. The molecule has 0 N–H and O–H groups in total. The highest BCUT2D eigenvalue weighted by atomic mass is 32.2. The Balaban J connectivity index is 2.48. The van der Waals surface area contributed by atoms with E-state index in [-0.39, 0.29) is 11.9 Å². The number of hydrogen-bond donors (Lipinski definition) is 0.